The number of benzene rings is 1. The van der Waals surface area contributed by atoms with Crippen molar-refractivity contribution in [3.63, 3.8) is 0 Å². The predicted molar refractivity (Wildman–Crippen MR) is 50.0 cm³/mol. The van der Waals surface area contributed by atoms with E-state index in [0.717, 1.165) is 0 Å². The zero-order valence-electron chi connectivity index (χ0n) is 7.67. The van der Waals surface area contributed by atoms with Crippen LogP contribution in [0.4, 0.5) is 10.1 Å². The molecule has 0 unspecified atom stereocenters. The average Bonchev–Trinajstić information content (AvgIpc) is 2.13. The summed E-state index contributed by atoms with van der Waals surface area (Å²) in [5, 5.41) is 10.7. The second-order valence-corrected chi connectivity index (χ2v) is 2.80. The monoisotopic (exact) mass is 192 g/mol. The van der Waals surface area contributed by atoms with Crippen LogP contribution in [0.3, 0.4) is 0 Å². The van der Waals surface area contributed by atoms with Crippen molar-refractivity contribution in [2.45, 2.75) is 13.3 Å². The summed E-state index contributed by atoms with van der Waals surface area (Å²) in [4.78, 5) is 11.0. The Bertz CT molecular complexity index is 396. The van der Waals surface area contributed by atoms with Crippen LogP contribution < -0.4 is 5.32 Å². The molecular formula is C10H9FN2O. The zero-order chi connectivity index (χ0) is 10.6. The van der Waals surface area contributed by atoms with Crippen molar-refractivity contribution in [2.75, 3.05) is 5.32 Å². The molecule has 0 radical (unpaired) electrons. The van der Waals surface area contributed by atoms with Crippen molar-refractivity contribution in [2.24, 2.45) is 0 Å². The molecule has 1 rings (SSSR count). The lowest BCUT2D eigenvalue weighted by atomic mass is 10.2. The van der Waals surface area contributed by atoms with Gasteiger partial charge in [-0.05, 0) is 19.1 Å². The highest BCUT2D eigenvalue weighted by Crippen LogP contribution is 2.17. The minimum absolute atomic E-state index is 0.226. The van der Waals surface area contributed by atoms with Gasteiger partial charge < -0.3 is 5.32 Å². The van der Waals surface area contributed by atoms with E-state index in [0.29, 0.717) is 11.3 Å². The Kier molecular flexibility index (Phi) is 3.19. The molecule has 72 valence electrons. The molecule has 0 bridgehead atoms. The van der Waals surface area contributed by atoms with Gasteiger partial charge in [-0.1, -0.05) is 6.07 Å². The molecular weight excluding hydrogens is 183 g/mol. The maximum atomic E-state index is 13.0. The zero-order valence-corrected chi connectivity index (χ0v) is 7.67. The Labute approximate surface area is 81.2 Å². The van der Waals surface area contributed by atoms with Gasteiger partial charge in [-0.3, -0.25) is 4.79 Å². The van der Waals surface area contributed by atoms with E-state index in [2.05, 4.69) is 5.32 Å². The molecule has 0 aliphatic heterocycles. The number of hydrogen-bond donors (Lipinski definition) is 1. The number of amides is 1. The first-order chi connectivity index (χ1) is 6.65. The van der Waals surface area contributed by atoms with Crippen LogP contribution in [0.2, 0.25) is 0 Å². The third-order valence-corrected chi connectivity index (χ3v) is 1.78. The molecule has 1 amide bonds. The third kappa shape index (κ3) is 2.30. The number of hydrogen-bond acceptors (Lipinski definition) is 2. The Balaban J connectivity index is 2.83. The van der Waals surface area contributed by atoms with Gasteiger partial charge in [0.1, 0.15) is 12.2 Å². The lowest BCUT2D eigenvalue weighted by Crippen LogP contribution is -2.11. The van der Waals surface area contributed by atoms with Gasteiger partial charge in [-0.15, -0.1) is 0 Å². The number of nitrogens with zero attached hydrogens (tertiary/aromatic N) is 1. The third-order valence-electron chi connectivity index (χ3n) is 1.78. The number of nitriles is 1. The SMILES string of the molecule is Cc1c(F)cccc1NC(=O)CC#N. The van der Waals surface area contributed by atoms with Crippen molar-refractivity contribution in [3.8, 4) is 6.07 Å². The topological polar surface area (TPSA) is 52.9 Å². The lowest BCUT2D eigenvalue weighted by molar-refractivity contribution is -0.115. The predicted octanol–water partition coefficient (Wildman–Crippen LogP) is 1.99. The van der Waals surface area contributed by atoms with Crippen LogP contribution in [0.5, 0.6) is 0 Å². The fraction of sp³-hybridized carbons (Fsp3) is 0.200. The fourth-order valence-electron chi connectivity index (χ4n) is 1.01. The summed E-state index contributed by atoms with van der Waals surface area (Å²) >= 11 is 0. The molecule has 0 heterocycles. The minimum Gasteiger partial charge on any atom is -0.325 e. The molecule has 1 aromatic rings. The van der Waals surface area contributed by atoms with Crippen LogP contribution >= 0.6 is 0 Å². The van der Waals surface area contributed by atoms with Crippen molar-refractivity contribution in [1.82, 2.24) is 0 Å². The van der Waals surface area contributed by atoms with E-state index >= 15 is 0 Å². The first-order valence-corrected chi connectivity index (χ1v) is 4.07. The van der Waals surface area contributed by atoms with E-state index in [1.807, 2.05) is 0 Å². The summed E-state index contributed by atoms with van der Waals surface area (Å²) < 4.78 is 13.0. The van der Waals surface area contributed by atoms with Crippen LogP contribution in [0, 0.1) is 24.1 Å². The largest absolute Gasteiger partial charge is 0.325 e. The van der Waals surface area contributed by atoms with Gasteiger partial charge in [-0.25, -0.2) is 4.39 Å². The second kappa shape index (κ2) is 4.38. The van der Waals surface area contributed by atoms with E-state index in [1.54, 1.807) is 19.1 Å². The van der Waals surface area contributed by atoms with Crippen molar-refractivity contribution < 1.29 is 9.18 Å². The summed E-state index contributed by atoms with van der Waals surface area (Å²) in [5.41, 5.74) is 0.782. The number of rotatable bonds is 2. The molecule has 1 N–H and O–H groups in total. The van der Waals surface area contributed by atoms with Gasteiger partial charge in [0.05, 0.1) is 6.07 Å². The van der Waals surface area contributed by atoms with E-state index in [9.17, 15) is 9.18 Å². The van der Waals surface area contributed by atoms with Gasteiger partial charge in [0, 0.05) is 11.3 Å². The summed E-state index contributed by atoms with van der Waals surface area (Å²) in [5.74, 6) is -0.805. The number of nitrogens with one attached hydrogen (secondary N) is 1. The maximum Gasteiger partial charge on any atom is 0.238 e. The molecule has 0 aliphatic rings. The highest BCUT2D eigenvalue weighted by Gasteiger charge is 2.06. The summed E-state index contributed by atoms with van der Waals surface area (Å²) in [6, 6.07) is 6.13. The van der Waals surface area contributed by atoms with Crippen molar-refractivity contribution >= 4 is 11.6 Å². The normalized spacial score (nSPS) is 9.21. The molecule has 0 spiro atoms. The molecule has 14 heavy (non-hydrogen) atoms. The molecule has 0 fully saturated rings. The molecule has 0 atom stereocenters. The smallest absolute Gasteiger partial charge is 0.238 e. The first-order valence-electron chi connectivity index (χ1n) is 4.07. The Hall–Kier alpha value is -1.89. The van der Waals surface area contributed by atoms with Crippen LogP contribution in [0.25, 0.3) is 0 Å². The summed E-state index contributed by atoms with van der Waals surface area (Å²) in [7, 11) is 0. The van der Waals surface area contributed by atoms with Crippen LogP contribution in [-0.2, 0) is 4.79 Å². The van der Waals surface area contributed by atoms with E-state index < -0.39 is 5.91 Å². The van der Waals surface area contributed by atoms with Crippen LogP contribution in [0.15, 0.2) is 18.2 Å². The van der Waals surface area contributed by atoms with Crippen molar-refractivity contribution in [3.05, 3.63) is 29.6 Å². The number of anilines is 1. The number of carbonyl (C=O) groups excluding carboxylic acids is 1. The molecule has 0 saturated heterocycles. The highest BCUT2D eigenvalue weighted by atomic mass is 19.1. The molecule has 0 saturated carbocycles. The molecule has 0 aromatic heterocycles. The minimum atomic E-state index is -0.429. The number of carbonyl (C=O) groups is 1. The molecule has 0 aliphatic carbocycles. The standard InChI is InChI=1S/C10H9FN2O/c1-7-8(11)3-2-4-9(7)13-10(14)5-6-12/h2-4H,5H2,1H3,(H,13,14). The van der Waals surface area contributed by atoms with Gasteiger partial charge in [0.25, 0.3) is 0 Å². The highest BCUT2D eigenvalue weighted by molar-refractivity contribution is 5.92. The fourth-order valence-corrected chi connectivity index (χ4v) is 1.01. The second-order valence-electron chi connectivity index (χ2n) is 2.80. The Morgan fingerprint density at radius 2 is 2.36 bits per heavy atom. The van der Waals surface area contributed by atoms with Gasteiger partial charge >= 0.3 is 0 Å². The number of halogens is 1. The van der Waals surface area contributed by atoms with Gasteiger partial charge in [0.15, 0.2) is 0 Å². The van der Waals surface area contributed by atoms with Crippen molar-refractivity contribution in [1.29, 1.82) is 5.26 Å². The molecule has 3 nitrogen and oxygen atoms in total. The lowest BCUT2D eigenvalue weighted by Gasteiger charge is -2.06. The van der Waals surface area contributed by atoms with Gasteiger partial charge in [-0.2, -0.15) is 5.26 Å². The van der Waals surface area contributed by atoms with E-state index in [1.165, 1.54) is 12.1 Å². The summed E-state index contributed by atoms with van der Waals surface area (Å²) in [6.45, 7) is 1.57. The Morgan fingerprint density at radius 3 is 3.00 bits per heavy atom. The van der Waals surface area contributed by atoms with Crippen LogP contribution in [-0.4, -0.2) is 5.91 Å². The van der Waals surface area contributed by atoms with Gasteiger partial charge in [0.2, 0.25) is 5.91 Å². The molecule has 1 aromatic carbocycles. The molecule has 4 heteroatoms. The first kappa shape index (κ1) is 10.2. The Morgan fingerprint density at radius 1 is 1.64 bits per heavy atom. The average molecular weight is 192 g/mol. The van der Waals surface area contributed by atoms with E-state index in [4.69, 9.17) is 5.26 Å². The summed E-state index contributed by atoms with van der Waals surface area (Å²) in [6.07, 6.45) is -0.226. The quantitative estimate of drug-likeness (QED) is 0.778. The van der Waals surface area contributed by atoms with Crippen LogP contribution in [0.1, 0.15) is 12.0 Å². The maximum absolute atomic E-state index is 13.0. The van der Waals surface area contributed by atoms with E-state index in [-0.39, 0.29) is 12.2 Å².